The number of ether oxygens (including phenoxy) is 1. The molecule has 0 saturated carbocycles. The van der Waals surface area contributed by atoms with Crippen LogP contribution in [-0.2, 0) is 0 Å². The van der Waals surface area contributed by atoms with Gasteiger partial charge in [-0.2, -0.15) is 0 Å². The maximum Gasteiger partial charge on any atom is 0.273 e. The summed E-state index contributed by atoms with van der Waals surface area (Å²) in [5, 5.41) is 25.7. The third-order valence-corrected chi connectivity index (χ3v) is 5.31. The molecule has 1 aliphatic heterocycles. The van der Waals surface area contributed by atoms with Gasteiger partial charge in [0.05, 0.1) is 34.8 Å². The third-order valence-electron chi connectivity index (χ3n) is 5.31. The Kier molecular flexibility index (Phi) is 4.02. The lowest BCUT2D eigenvalue weighted by molar-refractivity contribution is -0.385. The van der Waals surface area contributed by atoms with Gasteiger partial charge in [0.1, 0.15) is 5.75 Å². The average molecular weight is 367 g/mol. The quantitative estimate of drug-likeness (QED) is 0.489. The van der Waals surface area contributed by atoms with Gasteiger partial charge in [-0.25, -0.2) is 0 Å². The highest BCUT2D eigenvalue weighted by Gasteiger charge is 2.40. The molecule has 1 aliphatic carbocycles. The molecule has 8 heteroatoms. The number of hydrogen-bond acceptors (Lipinski definition) is 6. The van der Waals surface area contributed by atoms with E-state index in [0.29, 0.717) is 5.75 Å². The van der Waals surface area contributed by atoms with Crippen molar-refractivity contribution in [3.63, 3.8) is 0 Å². The molecular formula is C19H17N3O5. The van der Waals surface area contributed by atoms with E-state index in [4.69, 9.17) is 4.74 Å². The monoisotopic (exact) mass is 367 g/mol. The largest absolute Gasteiger partial charge is 0.494 e. The van der Waals surface area contributed by atoms with Crippen LogP contribution in [-0.4, -0.2) is 17.0 Å². The smallest absolute Gasteiger partial charge is 0.273 e. The number of hydrogen-bond donors (Lipinski definition) is 1. The first-order valence-corrected chi connectivity index (χ1v) is 8.53. The molecule has 27 heavy (non-hydrogen) atoms. The van der Waals surface area contributed by atoms with Crippen molar-refractivity contribution in [1.82, 2.24) is 0 Å². The fraction of sp³-hybridized carbons (Fsp3) is 0.263. The molecule has 138 valence electrons. The van der Waals surface area contributed by atoms with E-state index in [-0.39, 0.29) is 29.3 Å². The highest BCUT2D eigenvalue weighted by molar-refractivity contribution is 5.71. The van der Waals surface area contributed by atoms with E-state index in [9.17, 15) is 20.2 Å². The van der Waals surface area contributed by atoms with Crippen molar-refractivity contribution >= 4 is 17.1 Å². The van der Waals surface area contributed by atoms with Crippen LogP contribution in [0, 0.1) is 26.1 Å². The zero-order chi connectivity index (χ0) is 19.1. The molecule has 0 spiro atoms. The first-order valence-electron chi connectivity index (χ1n) is 8.53. The number of nitrogens with one attached hydrogen (secondary N) is 1. The van der Waals surface area contributed by atoms with Gasteiger partial charge < -0.3 is 10.1 Å². The first kappa shape index (κ1) is 17.0. The summed E-state index contributed by atoms with van der Waals surface area (Å²) in [6, 6.07) is 9.45. The molecule has 0 fully saturated rings. The van der Waals surface area contributed by atoms with Crippen LogP contribution < -0.4 is 10.1 Å². The fourth-order valence-corrected chi connectivity index (χ4v) is 4.05. The minimum atomic E-state index is -0.421. The Hall–Kier alpha value is -3.42. The normalized spacial score (nSPS) is 22.5. The Morgan fingerprint density at radius 1 is 1.07 bits per heavy atom. The molecule has 3 atom stereocenters. The molecule has 8 nitrogen and oxygen atoms in total. The number of anilines is 1. The van der Waals surface area contributed by atoms with Crippen LogP contribution in [0.2, 0.25) is 0 Å². The number of non-ortho nitro benzene ring substituents is 2. The first-order chi connectivity index (χ1) is 13.0. The zero-order valence-corrected chi connectivity index (χ0v) is 14.5. The Labute approximate surface area is 154 Å². The second-order valence-electron chi connectivity index (χ2n) is 6.69. The minimum Gasteiger partial charge on any atom is -0.494 e. The van der Waals surface area contributed by atoms with Gasteiger partial charge in [-0.1, -0.05) is 24.3 Å². The second kappa shape index (κ2) is 6.39. The van der Waals surface area contributed by atoms with E-state index in [2.05, 4.69) is 17.5 Å². The van der Waals surface area contributed by atoms with Gasteiger partial charge in [0.25, 0.3) is 11.4 Å². The molecule has 0 unspecified atom stereocenters. The van der Waals surface area contributed by atoms with Crippen molar-refractivity contribution in [3.8, 4) is 5.75 Å². The van der Waals surface area contributed by atoms with Crippen molar-refractivity contribution in [2.75, 3.05) is 12.4 Å². The second-order valence-corrected chi connectivity index (χ2v) is 6.69. The van der Waals surface area contributed by atoms with Gasteiger partial charge >= 0.3 is 0 Å². The Morgan fingerprint density at radius 3 is 2.41 bits per heavy atom. The summed E-state index contributed by atoms with van der Waals surface area (Å²) in [5.74, 6) is 0.616. The molecule has 0 bridgehead atoms. The number of methoxy groups -OCH3 is 1. The molecule has 4 rings (SSSR count). The standard InChI is InChI=1S/C19H17N3O5/c1-27-17-10-13(22(25)26)9-16-14-3-2-4-15(14)18(20-19(16)17)11-5-7-12(8-6-11)21(23)24/h2-3,5-10,14-15,18,20H,4H2,1H3/t14-,15+,18-/m1/s1. The lowest BCUT2D eigenvalue weighted by atomic mass is 9.76. The van der Waals surface area contributed by atoms with Crippen molar-refractivity contribution in [2.24, 2.45) is 5.92 Å². The Bertz CT molecular complexity index is 955. The number of nitrogens with zero attached hydrogens (tertiary/aromatic N) is 2. The lowest BCUT2D eigenvalue weighted by Crippen LogP contribution is -2.29. The van der Waals surface area contributed by atoms with E-state index in [1.165, 1.54) is 25.3 Å². The van der Waals surface area contributed by atoms with E-state index in [1.54, 1.807) is 18.2 Å². The predicted molar refractivity (Wildman–Crippen MR) is 99.1 cm³/mol. The van der Waals surface area contributed by atoms with Crippen molar-refractivity contribution in [3.05, 3.63) is 79.9 Å². The highest BCUT2D eigenvalue weighted by Crippen LogP contribution is 2.53. The number of nitro groups is 2. The number of rotatable bonds is 4. The summed E-state index contributed by atoms with van der Waals surface area (Å²) >= 11 is 0. The van der Waals surface area contributed by atoms with Gasteiger partial charge in [0.2, 0.25) is 0 Å². The van der Waals surface area contributed by atoms with E-state index in [1.807, 2.05) is 0 Å². The summed E-state index contributed by atoms with van der Waals surface area (Å²) in [6.45, 7) is 0. The number of nitro benzene ring substituents is 2. The summed E-state index contributed by atoms with van der Waals surface area (Å²) in [5.41, 5.74) is 2.56. The molecule has 2 aromatic rings. The van der Waals surface area contributed by atoms with Gasteiger partial charge in [-0.05, 0) is 23.5 Å². The van der Waals surface area contributed by atoms with Crippen LogP contribution in [0.5, 0.6) is 5.75 Å². The third kappa shape index (κ3) is 2.79. The van der Waals surface area contributed by atoms with Crippen LogP contribution in [0.25, 0.3) is 0 Å². The maximum absolute atomic E-state index is 11.3. The molecule has 2 aromatic carbocycles. The number of benzene rings is 2. The number of allylic oxidation sites excluding steroid dienone is 2. The molecule has 1 heterocycles. The van der Waals surface area contributed by atoms with Crippen LogP contribution in [0.15, 0.2) is 48.6 Å². The molecule has 2 aliphatic rings. The molecule has 0 saturated heterocycles. The summed E-state index contributed by atoms with van der Waals surface area (Å²) < 4.78 is 5.41. The molecule has 0 amide bonds. The predicted octanol–water partition coefficient (Wildman–Crippen LogP) is 4.34. The van der Waals surface area contributed by atoms with Crippen molar-refractivity contribution < 1.29 is 14.6 Å². The molecular weight excluding hydrogens is 350 g/mol. The van der Waals surface area contributed by atoms with Crippen LogP contribution >= 0.6 is 0 Å². The van der Waals surface area contributed by atoms with Crippen LogP contribution in [0.4, 0.5) is 17.1 Å². The van der Waals surface area contributed by atoms with Gasteiger partial charge in [-0.3, -0.25) is 20.2 Å². The lowest BCUT2D eigenvalue weighted by Gasteiger charge is -2.38. The zero-order valence-electron chi connectivity index (χ0n) is 14.5. The number of fused-ring (bicyclic) bond motifs is 3. The van der Waals surface area contributed by atoms with E-state index >= 15 is 0 Å². The Balaban J connectivity index is 1.79. The highest BCUT2D eigenvalue weighted by atomic mass is 16.6. The van der Waals surface area contributed by atoms with Crippen molar-refractivity contribution in [1.29, 1.82) is 0 Å². The molecule has 0 aromatic heterocycles. The average Bonchev–Trinajstić information content (AvgIpc) is 3.16. The molecule has 1 N–H and O–H groups in total. The van der Waals surface area contributed by atoms with Crippen molar-refractivity contribution in [2.45, 2.75) is 18.4 Å². The summed E-state index contributed by atoms with van der Waals surface area (Å²) in [4.78, 5) is 21.4. The summed E-state index contributed by atoms with van der Waals surface area (Å²) in [7, 11) is 1.48. The van der Waals surface area contributed by atoms with Crippen LogP contribution in [0.1, 0.15) is 29.5 Å². The van der Waals surface area contributed by atoms with Crippen LogP contribution in [0.3, 0.4) is 0 Å². The fourth-order valence-electron chi connectivity index (χ4n) is 4.05. The minimum absolute atomic E-state index is 0.000218. The molecule has 0 radical (unpaired) electrons. The van der Waals surface area contributed by atoms with Gasteiger partial charge in [0.15, 0.2) is 0 Å². The Morgan fingerprint density at radius 2 is 1.78 bits per heavy atom. The van der Waals surface area contributed by atoms with Gasteiger partial charge in [0, 0.05) is 24.1 Å². The summed E-state index contributed by atoms with van der Waals surface area (Å²) in [6.07, 6.45) is 4.98. The van der Waals surface area contributed by atoms with E-state index < -0.39 is 9.85 Å². The maximum atomic E-state index is 11.3. The van der Waals surface area contributed by atoms with Gasteiger partial charge in [-0.15, -0.1) is 0 Å². The SMILES string of the molecule is COc1cc([N+](=O)[O-])cc2c1N[C@H](c1ccc([N+](=O)[O-])cc1)[C@H]1CC=C[C@@H]21. The van der Waals surface area contributed by atoms with E-state index in [0.717, 1.165) is 23.2 Å². The topological polar surface area (TPSA) is 108 Å².